The molecule has 0 unspecified atom stereocenters. The Labute approximate surface area is 112 Å². The Bertz CT molecular complexity index is 649. The van der Waals surface area contributed by atoms with Gasteiger partial charge in [-0.3, -0.25) is 9.59 Å². The maximum absolute atomic E-state index is 11.8. The average molecular weight is 282 g/mol. The number of aromatic nitrogens is 3. The van der Waals surface area contributed by atoms with Gasteiger partial charge in [-0.1, -0.05) is 24.7 Å². The van der Waals surface area contributed by atoms with Gasteiger partial charge in [0.2, 0.25) is 10.1 Å². The Balaban J connectivity index is 2.22. The highest BCUT2D eigenvalue weighted by Crippen LogP contribution is 2.16. The number of carbonyl (C=O) groups is 1. The van der Waals surface area contributed by atoms with E-state index in [9.17, 15) is 9.59 Å². The van der Waals surface area contributed by atoms with Crippen molar-refractivity contribution in [3.63, 3.8) is 0 Å². The van der Waals surface area contributed by atoms with Gasteiger partial charge in [-0.15, -0.1) is 5.10 Å². The number of nitrogens with zero attached hydrogens (tertiary/aromatic N) is 3. The van der Waals surface area contributed by atoms with Gasteiger partial charge in [0.1, 0.15) is 0 Å². The topological polar surface area (TPSA) is 96.6 Å². The lowest BCUT2D eigenvalue weighted by Crippen LogP contribution is -2.15. The van der Waals surface area contributed by atoms with Crippen molar-refractivity contribution in [2.24, 2.45) is 0 Å². The largest absolute Gasteiger partial charge is 0.481 e. The Kier molecular flexibility index (Phi) is 4.10. The average Bonchev–Trinajstić information content (AvgIpc) is 2.72. The number of carboxylic acid groups (broad SMARTS) is 1. The van der Waals surface area contributed by atoms with Crippen molar-refractivity contribution < 1.29 is 9.90 Å². The molecule has 0 radical (unpaired) electrons. The van der Waals surface area contributed by atoms with Gasteiger partial charge in [0.25, 0.3) is 5.56 Å². The molecule has 19 heavy (non-hydrogen) atoms. The summed E-state index contributed by atoms with van der Waals surface area (Å²) < 4.78 is 1.23. The monoisotopic (exact) mass is 282 g/mol. The fraction of sp³-hybridized carbons (Fsp3) is 0.455. The number of fused-ring (bicyclic) bond motifs is 1. The number of aliphatic carboxylic acids is 1. The normalized spacial score (nSPS) is 10.8. The van der Waals surface area contributed by atoms with E-state index >= 15 is 0 Å². The highest BCUT2D eigenvalue weighted by atomic mass is 32.1. The molecule has 0 aliphatic heterocycles. The second-order valence-corrected chi connectivity index (χ2v) is 4.96. The van der Waals surface area contributed by atoms with Crippen LogP contribution in [0.2, 0.25) is 0 Å². The fourth-order valence-electron chi connectivity index (χ4n) is 1.59. The van der Waals surface area contributed by atoms with Gasteiger partial charge < -0.3 is 10.4 Å². The molecule has 2 N–H and O–H groups in total. The standard InChI is InChI=1S/C11H14N4O3S/c1-2-3-7-6-8(16)15-11(13-7)19-10(14-15)12-5-4-9(17)18/h6H,2-5H2,1H3,(H,12,14)(H,17,18). The lowest BCUT2D eigenvalue weighted by atomic mass is 10.2. The van der Waals surface area contributed by atoms with Crippen molar-refractivity contribution in [2.75, 3.05) is 11.9 Å². The van der Waals surface area contributed by atoms with Crippen molar-refractivity contribution in [3.8, 4) is 0 Å². The van der Waals surface area contributed by atoms with Crippen LogP contribution in [0, 0.1) is 0 Å². The summed E-state index contributed by atoms with van der Waals surface area (Å²) in [6.45, 7) is 2.29. The summed E-state index contributed by atoms with van der Waals surface area (Å²) in [5, 5.41) is 16.0. The zero-order valence-electron chi connectivity index (χ0n) is 10.4. The second-order valence-electron chi connectivity index (χ2n) is 4.01. The first-order valence-electron chi connectivity index (χ1n) is 5.95. The number of rotatable bonds is 6. The van der Waals surface area contributed by atoms with Crippen LogP contribution in [-0.4, -0.2) is 32.2 Å². The Morgan fingerprint density at radius 3 is 3.05 bits per heavy atom. The third kappa shape index (κ3) is 3.28. The zero-order chi connectivity index (χ0) is 13.8. The van der Waals surface area contributed by atoms with Gasteiger partial charge >= 0.3 is 5.97 Å². The zero-order valence-corrected chi connectivity index (χ0v) is 11.2. The Morgan fingerprint density at radius 1 is 1.58 bits per heavy atom. The molecular weight excluding hydrogens is 268 g/mol. The maximum atomic E-state index is 11.8. The number of nitrogens with one attached hydrogen (secondary N) is 1. The van der Waals surface area contributed by atoms with Gasteiger partial charge in [-0.05, 0) is 6.42 Å². The summed E-state index contributed by atoms with van der Waals surface area (Å²) in [4.78, 5) is 27.1. The van der Waals surface area contributed by atoms with E-state index in [0.717, 1.165) is 18.5 Å². The molecule has 0 bridgehead atoms. The van der Waals surface area contributed by atoms with Gasteiger partial charge in [0.05, 0.1) is 6.42 Å². The molecule has 0 aliphatic rings. The summed E-state index contributed by atoms with van der Waals surface area (Å²) in [5.74, 6) is -0.880. The van der Waals surface area contributed by atoms with E-state index in [0.29, 0.717) is 10.1 Å². The molecule has 0 aliphatic carbocycles. The molecule has 2 aromatic rings. The lowest BCUT2D eigenvalue weighted by molar-refractivity contribution is -0.136. The highest BCUT2D eigenvalue weighted by Gasteiger charge is 2.08. The molecule has 102 valence electrons. The van der Waals surface area contributed by atoms with Crippen LogP contribution in [0.15, 0.2) is 10.9 Å². The van der Waals surface area contributed by atoms with Crippen molar-refractivity contribution in [3.05, 3.63) is 22.1 Å². The summed E-state index contributed by atoms with van der Waals surface area (Å²) in [6.07, 6.45) is 1.68. The minimum atomic E-state index is -0.880. The van der Waals surface area contributed by atoms with E-state index in [1.807, 2.05) is 6.92 Å². The van der Waals surface area contributed by atoms with E-state index in [2.05, 4.69) is 15.4 Å². The molecule has 7 nitrogen and oxygen atoms in total. The number of hydrogen-bond donors (Lipinski definition) is 2. The third-order valence-corrected chi connectivity index (χ3v) is 3.29. The van der Waals surface area contributed by atoms with Crippen LogP contribution in [-0.2, 0) is 11.2 Å². The molecule has 0 saturated carbocycles. The minimum absolute atomic E-state index is 0.000657. The van der Waals surface area contributed by atoms with Gasteiger partial charge in [-0.2, -0.15) is 4.52 Å². The summed E-state index contributed by atoms with van der Waals surface area (Å²) in [6, 6.07) is 1.48. The van der Waals surface area contributed by atoms with Crippen LogP contribution in [0.3, 0.4) is 0 Å². The summed E-state index contributed by atoms with van der Waals surface area (Å²) in [5.41, 5.74) is 0.546. The maximum Gasteiger partial charge on any atom is 0.305 e. The second kappa shape index (κ2) is 5.79. The molecule has 8 heteroatoms. The van der Waals surface area contributed by atoms with Crippen LogP contribution in [0.5, 0.6) is 0 Å². The Hall–Kier alpha value is -1.96. The number of anilines is 1. The lowest BCUT2D eigenvalue weighted by Gasteiger charge is -1.96. The van der Waals surface area contributed by atoms with Crippen LogP contribution in [0.1, 0.15) is 25.5 Å². The van der Waals surface area contributed by atoms with Crippen molar-refractivity contribution in [1.29, 1.82) is 0 Å². The molecule has 2 rings (SSSR count). The predicted octanol–water partition coefficient (Wildman–Crippen LogP) is 0.990. The van der Waals surface area contributed by atoms with E-state index < -0.39 is 5.97 Å². The van der Waals surface area contributed by atoms with Gasteiger partial charge in [-0.25, -0.2) is 4.98 Å². The van der Waals surface area contributed by atoms with Crippen LogP contribution < -0.4 is 10.9 Å². The van der Waals surface area contributed by atoms with Crippen LogP contribution >= 0.6 is 11.3 Å². The molecule has 0 atom stereocenters. The van der Waals surface area contributed by atoms with Gasteiger partial charge in [0.15, 0.2) is 0 Å². The predicted molar refractivity (Wildman–Crippen MR) is 71.9 cm³/mol. The smallest absolute Gasteiger partial charge is 0.305 e. The number of carboxylic acids is 1. The molecule has 0 aromatic carbocycles. The summed E-state index contributed by atoms with van der Waals surface area (Å²) in [7, 11) is 0. The van der Waals surface area contributed by atoms with E-state index in [4.69, 9.17) is 5.11 Å². The SMILES string of the molecule is CCCc1cc(=O)n2nc(NCCC(=O)O)sc2n1. The fourth-order valence-corrected chi connectivity index (χ4v) is 2.44. The molecule has 0 amide bonds. The first-order chi connectivity index (χ1) is 9.10. The van der Waals surface area contributed by atoms with E-state index in [-0.39, 0.29) is 18.5 Å². The minimum Gasteiger partial charge on any atom is -0.481 e. The summed E-state index contributed by atoms with van der Waals surface area (Å²) >= 11 is 1.24. The van der Waals surface area contributed by atoms with Crippen molar-refractivity contribution in [2.45, 2.75) is 26.2 Å². The highest BCUT2D eigenvalue weighted by molar-refractivity contribution is 7.20. The van der Waals surface area contributed by atoms with Crippen molar-refractivity contribution in [1.82, 2.24) is 14.6 Å². The van der Waals surface area contributed by atoms with Crippen LogP contribution in [0.25, 0.3) is 4.96 Å². The first-order valence-corrected chi connectivity index (χ1v) is 6.77. The Morgan fingerprint density at radius 2 is 2.37 bits per heavy atom. The molecular formula is C11H14N4O3S. The van der Waals surface area contributed by atoms with E-state index in [1.54, 1.807) is 0 Å². The molecule has 0 saturated heterocycles. The first kappa shape index (κ1) is 13.5. The molecule has 0 spiro atoms. The molecule has 2 heterocycles. The molecule has 2 aromatic heterocycles. The quantitative estimate of drug-likeness (QED) is 0.820. The number of hydrogen-bond acceptors (Lipinski definition) is 6. The van der Waals surface area contributed by atoms with Gasteiger partial charge in [0, 0.05) is 18.3 Å². The number of aryl methyl sites for hydroxylation is 1. The third-order valence-electron chi connectivity index (χ3n) is 2.42. The van der Waals surface area contributed by atoms with E-state index in [1.165, 1.54) is 21.9 Å². The van der Waals surface area contributed by atoms with Crippen LogP contribution in [0.4, 0.5) is 5.13 Å². The molecule has 0 fully saturated rings. The van der Waals surface area contributed by atoms with Crippen molar-refractivity contribution >= 4 is 27.4 Å².